The van der Waals surface area contributed by atoms with Gasteiger partial charge >= 0.3 is 0 Å². The van der Waals surface area contributed by atoms with E-state index < -0.39 is 0 Å². The number of fused-ring (bicyclic) bond motifs is 1. The lowest BCUT2D eigenvalue weighted by molar-refractivity contribution is 0.619. The Bertz CT molecular complexity index is 1190. The second-order valence-electron chi connectivity index (χ2n) is 8.21. The van der Waals surface area contributed by atoms with Gasteiger partial charge in [-0.1, -0.05) is 54.6 Å². The minimum Gasteiger partial charge on any atom is -0.261 e. The van der Waals surface area contributed by atoms with Crippen molar-refractivity contribution < 1.29 is 8.78 Å². The predicted molar refractivity (Wildman–Crippen MR) is 128 cm³/mol. The molecule has 3 heteroatoms. The van der Waals surface area contributed by atoms with Crippen molar-refractivity contribution in [3.05, 3.63) is 125 Å². The average molecular weight is 428 g/mol. The molecule has 0 fully saturated rings. The summed E-state index contributed by atoms with van der Waals surface area (Å²) in [7, 11) is 0. The highest BCUT2D eigenvalue weighted by Crippen LogP contribution is 2.24. The maximum Gasteiger partial charge on any atom is 0.134 e. The number of pyridine rings is 1. The molecule has 0 N–H and O–H groups in total. The van der Waals surface area contributed by atoms with Crippen molar-refractivity contribution in [2.75, 3.05) is 0 Å². The van der Waals surface area contributed by atoms with Crippen LogP contribution >= 0.6 is 0 Å². The Morgan fingerprint density at radius 3 is 2.22 bits per heavy atom. The van der Waals surface area contributed by atoms with E-state index in [0.717, 1.165) is 42.3 Å². The van der Waals surface area contributed by atoms with Crippen molar-refractivity contribution in [2.45, 2.75) is 38.5 Å². The Morgan fingerprint density at radius 2 is 1.47 bits per heavy atom. The second kappa shape index (κ2) is 10.3. The van der Waals surface area contributed by atoms with Crippen molar-refractivity contribution in [3.63, 3.8) is 0 Å². The van der Waals surface area contributed by atoms with Gasteiger partial charge in [0.25, 0.3) is 0 Å². The SMILES string of the molecule is C=CCCc1ccc(CCc2ccc3c(F)c(CCc4ccc(F)cc4)ccc3c2)nc1. The van der Waals surface area contributed by atoms with Gasteiger partial charge in [0.05, 0.1) is 0 Å². The lowest BCUT2D eigenvalue weighted by Crippen LogP contribution is -1.98. The summed E-state index contributed by atoms with van der Waals surface area (Å²) in [6, 6.07) is 20.4. The molecule has 0 bridgehead atoms. The van der Waals surface area contributed by atoms with Crippen molar-refractivity contribution in [1.82, 2.24) is 4.98 Å². The number of benzene rings is 3. The number of rotatable bonds is 9. The fraction of sp³-hybridized carbons (Fsp3) is 0.207. The number of nitrogens with zero attached hydrogens (tertiary/aromatic N) is 1. The molecule has 1 nitrogen and oxygen atoms in total. The van der Waals surface area contributed by atoms with Gasteiger partial charge < -0.3 is 0 Å². The Kier molecular flexibility index (Phi) is 7.06. The third-order valence-corrected chi connectivity index (χ3v) is 5.89. The number of allylic oxidation sites excluding steroid dienone is 1. The standard InChI is InChI=1S/C29H27F2N/c1-2-3-4-23-9-17-27(32-20-23)16-8-22-10-18-28-25(19-22)13-12-24(29(28)31)11-5-21-6-14-26(30)15-7-21/h2,6-7,9-10,12-15,17-20H,1,3-5,8,11,16H2. The number of halogens is 2. The maximum absolute atomic E-state index is 15.1. The summed E-state index contributed by atoms with van der Waals surface area (Å²) >= 11 is 0. The first-order valence-electron chi connectivity index (χ1n) is 11.1. The van der Waals surface area contributed by atoms with Crippen molar-refractivity contribution >= 4 is 10.8 Å². The van der Waals surface area contributed by atoms with Crippen molar-refractivity contribution in [2.24, 2.45) is 0 Å². The molecule has 0 saturated carbocycles. The number of aromatic nitrogens is 1. The zero-order valence-electron chi connectivity index (χ0n) is 18.2. The van der Waals surface area contributed by atoms with Crippen LogP contribution in [-0.2, 0) is 32.1 Å². The molecule has 0 amide bonds. The monoisotopic (exact) mass is 427 g/mol. The van der Waals surface area contributed by atoms with Gasteiger partial charge in [-0.2, -0.15) is 0 Å². The third kappa shape index (κ3) is 5.47. The Balaban J connectivity index is 1.41. The lowest BCUT2D eigenvalue weighted by atomic mass is 9.98. The summed E-state index contributed by atoms with van der Waals surface area (Å²) in [5.74, 6) is -0.411. The van der Waals surface area contributed by atoms with Gasteiger partial charge in [-0.05, 0) is 84.4 Å². The van der Waals surface area contributed by atoms with E-state index >= 15 is 4.39 Å². The fourth-order valence-electron chi connectivity index (χ4n) is 3.96. The van der Waals surface area contributed by atoms with Crippen LogP contribution in [-0.4, -0.2) is 4.98 Å². The molecule has 0 spiro atoms. The van der Waals surface area contributed by atoms with Crippen molar-refractivity contribution in [3.8, 4) is 0 Å². The Hall–Kier alpha value is -3.33. The summed E-state index contributed by atoms with van der Waals surface area (Å²) < 4.78 is 28.1. The van der Waals surface area contributed by atoms with Gasteiger partial charge in [0.1, 0.15) is 11.6 Å². The topological polar surface area (TPSA) is 12.9 Å². The molecule has 1 heterocycles. The van der Waals surface area contributed by atoms with Gasteiger partial charge in [0, 0.05) is 17.3 Å². The molecule has 0 aliphatic heterocycles. The van der Waals surface area contributed by atoms with E-state index in [-0.39, 0.29) is 11.6 Å². The second-order valence-corrected chi connectivity index (χ2v) is 8.21. The van der Waals surface area contributed by atoms with Crippen LogP contribution in [0.15, 0.2) is 85.6 Å². The third-order valence-electron chi connectivity index (χ3n) is 5.89. The van der Waals surface area contributed by atoms with Crippen LogP contribution in [0, 0.1) is 11.6 Å². The highest BCUT2D eigenvalue weighted by atomic mass is 19.1. The van der Waals surface area contributed by atoms with E-state index in [1.54, 1.807) is 12.1 Å². The smallest absolute Gasteiger partial charge is 0.134 e. The zero-order valence-corrected chi connectivity index (χ0v) is 18.2. The van der Waals surface area contributed by atoms with E-state index in [1.165, 1.54) is 23.3 Å². The molecular formula is C29H27F2N. The Labute approximate surface area is 188 Å². The molecule has 4 rings (SSSR count). The lowest BCUT2D eigenvalue weighted by Gasteiger charge is -2.09. The molecular weight excluding hydrogens is 400 g/mol. The van der Waals surface area contributed by atoms with Gasteiger partial charge in [-0.15, -0.1) is 6.58 Å². The highest BCUT2D eigenvalue weighted by Gasteiger charge is 2.09. The fourth-order valence-corrected chi connectivity index (χ4v) is 3.96. The molecule has 4 aromatic rings. The van der Waals surface area contributed by atoms with Crippen LogP contribution in [0.25, 0.3) is 10.8 Å². The molecule has 0 aliphatic carbocycles. The van der Waals surface area contributed by atoms with Crippen LogP contribution in [0.1, 0.15) is 34.4 Å². The van der Waals surface area contributed by atoms with E-state index in [0.29, 0.717) is 23.8 Å². The van der Waals surface area contributed by atoms with Gasteiger partial charge in [-0.25, -0.2) is 8.78 Å². The predicted octanol–water partition coefficient (Wildman–Crippen LogP) is 7.20. The van der Waals surface area contributed by atoms with Crippen LogP contribution in [0.5, 0.6) is 0 Å². The van der Waals surface area contributed by atoms with Crippen LogP contribution in [0.2, 0.25) is 0 Å². The first kappa shape index (κ1) is 21.9. The first-order valence-corrected chi connectivity index (χ1v) is 11.1. The molecule has 1 aromatic heterocycles. The maximum atomic E-state index is 15.1. The number of hydrogen-bond donors (Lipinski definition) is 0. The molecule has 0 saturated heterocycles. The largest absolute Gasteiger partial charge is 0.261 e. The number of hydrogen-bond acceptors (Lipinski definition) is 1. The molecule has 0 unspecified atom stereocenters. The quantitative estimate of drug-likeness (QED) is 0.257. The van der Waals surface area contributed by atoms with Gasteiger partial charge in [0.15, 0.2) is 0 Å². The van der Waals surface area contributed by atoms with Gasteiger partial charge in [0.2, 0.25) is 0 Å². The number of aryl methyl sites for hydroxylation is 5. The summed E-state index contributed by atoms with van der Waals surface area (Å²) in [5, 5.41) is 1.56. The van der Waals surface area contributed by atoms with E-state index in [9.17, 15) is 4.39 Å². The summed E-state index contributed by atoms with van der Waals surface area (Å²) in [6.07, 6.45) is 8.78. The summed E-state index contributed by atoms with van der Waals surface area (Å²) in [5.41, 5.74) is 5.16. The molecule has 162 valence electrons. The normalized spacial score (nSPS) is 11.1. The van der Waals surface area contributed by atoms with Crippen LogP contribution in [0.3, 0.4) is 0 Å². The first-order chi connectivity index (χ1) is 15.6. The summed E-state index contributed by atoms with van der Waals surface area (Å²) in [6.45, 7) is 3.76. The molecule has 3 aromatic carbocycles. The van der Waals surface area contributed by atoms with E-state index in [2.05, 4.69) is 29.8 Å². The van der Waals surface area contributed by atoms with Crippen molar-refractivity contribution in [1.29, 1.82) is 0 Å². The molecule has 0 atom stereocenters. The van der Waals surface area contributed by atoms with Crippen LogP contribution < -0.4 is 0 Å². The van der Waals surface area contributed by atoms with E-state index in [4.69, 9.17) is 0 Å². The molecule has 32 heavy (non-hydrogen) atoms. The van der Waals surface area contributed by atoms with Crippen LogP contribution in [0.4, 0.5) is 8.78 Å². The zero-order chi connectivity index (χ0) is 22.3. The van der Waals surface area contributed by atoms with E-state index in [1.807, 2.05) is 36.5 Å². The highest BCUT2D eigenvalue weighted by molar-refractivity contribution is 5.84. The molecule has 0 aliphatic rings. The average Bonchev–Trinajstić information content (AvgIpc) is 2.82. The molecule has 0 radical (unpaired) electrons. The minimum absolute atomic E-state index is 0.159. The summed E-state index contributed by atoms with van der Waals surface area (Å²) in [4.78, 5) is 4.57. The Morgan fingerprint density at radius 1 is 0.719 bits per heavy atom. The van der Waals surface area contributed by atoms with Gasteiger partial charge in [-0.3, -0.25) is 4.98 Å². The minimum atomic E-state index is -0.252.